The molecule has 0 radical (unpaired) electrons. The predicted molar refractivity (Wildman–Crippen MR) is 90.2 cm³/mol. The van der Waals surface area contributed by atoms with Crippen LogP contribution < -0.4 is 15.4 Å². The van der Waals surface area contributed by atoms with Gasteiger partial charge in [0.25, 0.3) is 0 Å². The Labute approximate surface area is 141 Å². The second-order valence-electron chi connectivity index (χ2n) is 5.79. The molecule has 0 aromatic heterocycles. The maximum Gasteiger partial charge on any atom is 0.242 e. The number of rotatable bonds is 6. The molecule has 5 nitrogen and oxygen atoms in total. The van der Waals surface area contributed by atoms with Gasteiger partial charge in [0, 0.05) is 13.0 Å². The van der Waals surface area contributed by atoms with E-state index in [0.29, 0.717) is 26.0 Å². The molecule has 124 valence electrons. The highest BCUT2D eigenvalue weighted by molar-refractivity contribution is 5.90. The van der Waals surface area contributed by atoms with Crippen LogP contribution in [-0.2, 0) is 22.7 Å². The summed E-state index contributed by atoms with van der Waals surface area (Å²) in [4.78, 5) is 23.1. The van der Waals surface area contributed by atoms with Crippen molar-refractivity contribution < 1.29 is 14.3 Å². The van der Waals surface area contributed by atoms with Crippen molar-refractivity contribution in [3.63, 3.8) is 0 Å². The Hall–Kier alpha value is -2.82. The molecule has 24 heavy (non-hydrogen) atoms. The van der Waals surface area contributed by atoms with Crippen LogP contribution in [-0.4, -0.2) is 17.9 Å². The molecular formula is C19H20N2O3. The second-order valence-corrected chi connectivity index (χ2v) is 5.79. The van der Waals surface area contributed by atoms with Crippen molar-refractivity contribution >= 4 is 11.8 Å². The fraction of sp³-hybridized carbons (Fsp3) is 0.263. The van der Waals surface area contributed by atoms with Gasteiger partial charge in [-0.25, -0.2) is 0 Å². The van der Waals surface area contributed by atoms with Gasteiger partial charge in [-0.05, 0) is 29.7 Å². The van der Waals surface area contributed by atoms with Gasteiger partial charge in [0.1, 0.15) is 18.4 Å². The van der Waals surface area contributed by atoms with E-state index >= 15 is 0 Å². The standard InChI is InChI=1S/C19H20N2O3/c22-18-11-10-17(21-18)19(23)20-12-14-6-8-16(9-7-14)24-13-15-4-2-1-3-5-15/h1-9,17H,10-13H2,(H,20,23)(H,21,22). The van der Waals surface area contributed by atoms with Crippen molar-refractivity contribution in [1.29, 1.82) is 0 Å². The minimum atomic E-state index is -0.397. The molecule has 1 heterocycles. The summed E-state index contributed by atoms with van der Waals surface area (Å²) in [6.45, 7) is 0.961. The van der Waals surface area contributed by atoms with Crippen molar-refractivity contribution in [3.05, 3.63) is 65.7 Å². The Balaban J connectivity index is 1.46. The molecule has 1 aliphatic heterocycles. The van der Waals surface area contributed by atoms with E-state index in [0.717, 1.165) is 16.9 Å². The fourth-order valence-corrected chi connectivity index (χ4v) is 2.57. The monoisotopic (exact) mass is 324 g/mol. The van der Waals surface area contributed by atoms with E-state index in [9.17, 15) is 9.59 Å². The van der Waals surface area contributed by atoms with Crippen LogP contribution in [0.15, 0.2) is 54.6 Å². The Bertz CT molecular complexity index is 698. The maximum absolute atomic E-state index is 11.9. The highest BCUT2D eigenvalue weighted by Gasteiger charge is 2.26. The zero-order chi connectivity index (χ0) is 16.8. The number of benzene rings is 2. The highest BCUT2D eigenvalue weighted by atomic mass is 16.5. The molecule has 0 aliphatic carbocycles. The Morgan fingerprint density at radius 1 is 1.08 bits per heavy atom. The topological polar surface area (TPSA) is 67.4 Å². The van der Waals surface area contributed by atoms with Crippen LogP contribution in [0.4, 0.5) is 0 Å². The zero-order valence-electron chi connectivity index (χ0n) is 13.3. The first-order valence-electron chi connectivity index (χ1n) is 8.03. The largest absolute Gasteiger partial charge is 0.489 e. The molecule has 0 spiro atoms. The number of hydrogen-bond donors (Lipinski definition) is 2. The zero-order valence-corrected chi connectivity index (χ0v) is 13.3. The average Bonchev–Trinajstić information content (AvgIpc) is 3.06. The van der Waals surface area contributed by atoms with E-state index in [1.807, 2.05) is 54.6 Å². The lowest BCUT2D eigenvalue weighted by Crippen LogP contribution is -2.41. The lowest BCUT2D eigenvalue weighted by atomic mass is 10.2. The first-order valence-corrected chi connectivity index (χ1v) is 8.03. The van der Waals surface area contributed by atoms with Crippen molar-refractivity contribution in [2.45, 2.75) is 32.0 Å². The summed E-state index contributed by atoms with van der Waals surface area (Å²) in [6, 6.07) is 17.2. The lowest BCUT2D eigenvalue weighted by Gasteiger charge is -2.11. The SMILES string of the molecule is O=C1CCC(C(=O)NCc2ccc(OCc3ccccc3)cc2)N1. The highest BCUT2D eigenvalue weighted by Crippen LogP contribution is 2.14. The summed E-state index contributed by atoms with van der Waals surface area (Å²) in [7, 11) is 0. The molecule has 1 saturated heterocycles. The summed E-state index contributed by atoms with van der Waals surface area (Å²) in [5, 5.41) is 5.50. The molecule has 0 saturated carbocycles. The number of nitrogens with one attached hydrogen (secondary N) is 2. The number of carbonyl (C=O) groups excluding carboxylic acids is 2. The van der Waals surface area contributed by atoms with E-state index in [1.54, 1.807) is 0 Å². The summed E-state index contributed by atoms with van der Waals surface area (Å²) in [6.07, 6.45) is 0.989. The lowest BCUT2D eigenvalue weighted by molar-refractivity contribution is -0.125. The molecule has 0 bridgehead atoms. The van der Waals surface area contributed by atoms with Crippen LogP contribution in [0.2, 0.25) is 0 Å². The molecule has 2 N–H and O–H groups in total. The molecule has 2 aromatic carbocycles. The van der Waals surface area contributed by atoms with Gasteiger partial charge in [0.2, 0.25) is 11.8 Å². The van der Waals surface area contributed by atoms with Crippen LogP contribution in [0.5, 0.6) is 5.75 Å². The van der Waals surface area contributed by atoms with Gasteiger partial charge in [-0.1, -0.05) is 42.5 Å². The number of amides is 2. The van der Waals surface area contributed by atoms with Crippen molar-refractivity contribution in [2.24, 2.45) is 0 Å². The van der Waals surface area contributed by atoms with Crippen LogP contribution >= 0.6 is 0 Å². The third kappa shape index (κ3) is 4.35. The molecule has 1 aliphatic rings. The predicted octanol–water partition coefficient (Wildman–Crippen LogP) is 2.16. The molecule has 5 heteroatoms. The van der Waals surface area contributed by atoms with Gasteiger partial charge in [-0.15, -0.1) is 0 Å². The maximum atomic E-state index is 11.9. The van der Waals surface area contributed by atoms with E-state index in [2.05, 4.69) is 10.6 Å². The van der Waals surface area contributed by atoms with E-state index in [1.165, 1.54) is 0 Å². The summed E-state index contributed by atoms with van der Waals surface area (Å²) >= 11 is 0. The first-order chi connectivity index (χ1) is 11.7. The van der Waals surface area contributed by atoms with Crippen LogP contribution in [0.3, 0.4) is 0 Å². The summed E-state index contributed by atoms with van der Waals surface area (Å²) in [5.41, 5.74) is 2.10. The third-order valence-electron chi connectivity index (χ3n) is 3.95. The minimum absolute atomic E-state index is 0.0601. The van der Waals surface area contributed by atoms with E-state index in [-0.39, 0.29) is 11.8 Å². The van der Waals surface area contributed by atoms with Crippen LogP contribution in [0.1, 0.15) is 24.0 Å². The molecule has 2 amide bonds. The number of ether oxygens (including phenoxy) is 1. The van der Waals surface area contributed by atoms with Gasteiger partial charge in [-0.3, -0.25) is 9.59 Å². The van der Waals surface area contributed by atoms with Crippen molar-refractivity contribution in [3.8, 4) is 5.75 Å². The van der Waals surface area contributed by atoms with Crippen LogP contribution in [0, 0.1) is 0 Å². The Kier molecular flexibility index (Phi) is 5.11. The van der Waals surface area contributed by atoms with E-state index in [4.69, 9.17) is 4.74 Å². The van der Waals surface area contributed by atoms with Gasteiger partial charge < -0.3 is 15.4 Å². The first kappa shape index (κ1) is 16.1. The normalized spacial score (nSPS) is 16.5. The Morgan fingerprint density at radius 2 is 1.83 bits per heavy atom. The fourth-order valence-electron chi connectivity index (χ4n) is 2.57. The van der Waals surface area contributed by atoms with Gasteiger partial charge in [0.15, 0.2) is 0 Å². The minimum Gasteiger partial charge on any atom is -0.489 e. The summed E-state index contributed by atoms with van der Waals surface area (Å²) < 4.78 is 5.73. The van der Waals surface area contributed by atoms with Gasteiger partial charge >= 0.3 is 0 Å². The molecule has 1 fully saturated rings. The van der Waals surface area contributed by atoms with Gasteiger partial charge in [0.05, 0.1) is 0 Å². The molecule has 2 aromatic rings. The van der Waals surface area contributed by atoms with Crippen LogP contribution in [0.25, 0.3) is 0 Å². The van der Waals surface area contributed by atoms with E-state index < -0.39 is 6.04 Å². The average molecular weight is 324 g/mol. The molecular weight excluding hydrogens is 304 g/mol. The third-order valence-corrected chi connectivity index (χ3v) is 3.95. The second kappa shape index (κ2) is 7.64. The summed E-state index contributed by atoms with van der Waals surface area (Å²) in [5.74, 6) is 0.595. The number of hydrogen-bond acceptors (Lipinski definition) is 3. The molecule has 1 atom stereocenters. The molecule has 1 unspecified atom stereocenters. The number of carbonyl (C=O) groups is 2. The Morgan fingerprint density at radius 3 is 2.50 bits per heavy atom. The molecule has 3 rings (SSSR count). The van der Waals surface area contributed by atoms with Gasteiger partial charge in [-0.2, -0.15) is 0 Å². The quantitative estimate of drug-likeness (QED) is 0.856. The van der Waals surface area contributed by atoms with Crippen molar-refractivity contribution in [2.75, 3.05) is 0 Å². The smallest absolute Gasteiger partial charge is 0.242 e. The van der Waals surface area contributed by atoms with Crippen molar-refractivity contribution in [1.82, 2.24) is 10.6 Å².